The van der Waals surface area contributed by atoms with Crippen molar-refractivity contribution in [1.29, 1.82) is 0 Å². The van der Waals surface area contributed by atoms with Gasteiger partial charge in [0, 0.05) is 0 Å². The molecule has 0 heterocycles. The number of rotatable bonds is 5. The highest BCUT2D eigenvalue weighted by atomic mass is 35.5. The van der Waals surface area contributed by atoms with Gasteiger partial charge >= 0.3 is 5.97 Å². The average molecular weight is 290 g/mol. The van der Waals surface area contributed by atoms with Gasteiger partial charge in [0.2, 0.25) is 0 Å². The molecule has 0 aromatic rings. The zero-order valence-corrected chi connectivity index (χ0v) is 11.3. The van der Waals surface area contributed by atoms with Crippen LogP contribution in [-0.4, -0.2) is 29.0 Å². The average Bonchev–Trinajstić information content (AvgIpc) is 2.11. The van der Waals surface area contributed by atoms with Crippen molar-refractivity contribution in [3.63, 3.8) is 0 Å². The van der Waals surface area contributed by atoms with Crippen LogP contribution in [-0.2, 0) is 4.79 Å². The highest BCUT2D eigenvalue weighted by molar-refractivity contribution is 5.85. The Morgan fingerprint density at radius 2 is 2.00 bits per heavy atom. The largest absolute Gasteiger partial charge is 0.480 e. The quantitative estimate of drug-likeness (QED) is 0.524. The minimum Gasteiger partial charge on any atom is -0.480 e. The van der Waals surface area contributed by atoms with Crippen molar-refractivity contribution in [2.75, 3.05) is 6.54 Å². The Kier molecular flexibility index (Phi) is 11.6. The maximum Gasteiger partial charge on any atom is 0.323 e. The summed E-state index contributed by atoms with van der Waals surface area (Å²) in [6.45, 7) is 2.67. The first-order valence-electron chi connectivity index (χ1n) is 4.39. The number of nitrogens with zero attached hydrogens (tertiary/aromatic N) is 1. The van der Waals surface area contributed by atoms with E-state index in [-0.39, 0.29) is 43.6 Å². The summed E-state index contributed by atoms with van der Waals surface area (Å²) in [4.78, 5) is 14.2. The van der Waals surface area contributed by atoms with E-state index in [0.29, 0.717) is 0 Å². The van der Waals surface area contributed by atoms with Gasteiger partial charge in [0.05, 0.1) is 12.4 Å². The monoisotopic (exact) mass is 289 g/mol. The molecule has 0 aromatic carbocycles. The third-order valence-corrected chi connectivity index (χ3v) is 1.72. The molecular formula is C9H18Cl2FN3O2. The van der Waals surface area contributed by atoms with Crippen molar-refractivity contribution in [2.45, 2.75) is 25.8 Å². The van der Waals surface area contributed by atoms with Crippen molar-refractivity contribution >= 4 is 36.6 Å². The highest BCUT2D eigenvalue weighted by Gasteiger charge is 2.26. The van der Waals surface area contributed by atoms with Gasteiger partial charge in [-0.25, -0.2) is 4.39 Å². The van der Waals surface area contributed by atoms with E-state index in [0.717, 1.165) is 6.08 Å². The number of carboxylic acid groups (broad SMARTS) is 1. The van der Waals surface area contributed by atoms with Gasteiger partial charge in [-0.2, -0.15) is 0 Å². The smallest absolute Gasteiger partial charge is 0.323 e. The molecule has 0 saturated heterocycles. The van der Waals surface area contributed by atoms with E-state index in [4.69, 9.17) is 16.6 Å². The maximum atomic E-state index is 13.0. The summed E-state index contributed by atoms with van der Waals surface area (Å²) in [7, 11) is 0. The molecule has 102 valence electrons. The van der Waals surface area contributed by atoms with Gasteiger partial charge in [0.1, 0.15) is 11.4 Å². The summed E-state index contributed by atoms with van der Waals surface area (Å²) in [6, 6.07) is 0. The van der Waals surface area contributed by atoms with Crippen LogP contribution in [0.25, 0.3) is 0 Å². The van der Waals surface area contributed by atoms with Gasteiger partial charge in [0.25, 0.3) is 0 Å². The summed E-state index contributed by atoms with van der Waals surface area (Å²) in [5.41, 5.74) is 9.14. The molecule has 0 fully saturated rings. The van der Waals surface area contributed by atoms with Crippen LogP contribution >= 0.6 is 24.8 Å². The van der Waals surface area contributed by atoms with Gasteiger partial charge in [-0.1, -0.05) is 0 Å². The molecule has 0 aliphatic carbocycles. The molecule has 8 heteroatoms. The Balaban J connectivity index is -0.000000980. The first-order valence-corrected chi connectivity index (χ1v) is 4.39. The minimum atomic E-state index is -1.46. The number of aliphatic imine (C=N–C) groups is 1. The Bertz CT molecular complexity index is 303. The van der Waals surface area contributed by atoms with Crippen LogP contribution in [0, 0.1) is 0 Å². The van der Waals surface area contributed by atoms with Crippen molar-refractivity contribution in [2.24, 2.45) is 16.5 Å². The van der Waals surface area contributed by atoms with E-state index in [9.17, 15) is 9.18 Å². The summed E-state index contributed by atoms with van der Waals surface area (Å²) in [5, 5.41) is 8.65. The molecule has 1 atom stereocenters. The fraction of sp³-hybridized carbons (Fsp3) is 0.556. The second kappa shape index (κ2) is 9.21. The third kappa shape index (κ3) is 10.0. The van der Waals surface area contributed by atoms with Crippen LogP contribution in [0.1, 0.15) is 20.3 Å². The molecule has 0 radical (unpaired) electrons. The van der Waals surface area contributed by atoms with Gasteiger partial charge in [-0.05, 0) is 26.3 Å². The second-order valence-electron chi connectivity index (χ2n) is 3.54. The van der Waals surface area contributed by atoms with Gasteiger partial charge < -0.3 is 16.6 Å². The van der Waals surface area contributed by atoms with Crippen LogP contribution in [0.15, 0.2) is 16.9 Å². The molecule has 0 aliphatic heterocycles. The number of carboxylic acids is 1. The predicted octanol–water partition coefficient (Wildman–Crippen LogP) is 1.25. The van der Waals surface area contributed by atoms with Gasteiger partial charge in [-0.15, -0.1) is 24.8 Å². The van der Waals surface area contributed by atoms with Crippen LogP contribution in [0.5, 0.6) is 0 Å². The lowest BCUT2D eigenvalue weighted by atomic mass is 9.99. The number of hydrogen-bond acceptors (Lipinski definition) is 3. The molecule has 5 N–H and O–H groups in total. The Hall–Kier alpha value is -0.850. The standard InChI is InChI=1S/C9H16FN3O2.2ClH/c1-6(11)13-5-7(10)3-4-9(2,12)8(14)15;;/h3H,4-5,12H2,1-2H3,(H2,11,13)(H,14,15);2*1H/b7-3-;;. The molecule has 0 bridgehead atoms. The molecule has 0 spiro atoms. The number of amidine groups is 1. The van der Waals surface area contributed by atoms with Crippen molar-refractivity contribution in [3.8, 4) is 0 Å². The van der Waals surface area contributed by atoms with E-state index in [1.54, 1.807) is 0 Å². The summed E-state index contributed by atoms with van der Waals surface area (Å²) in [5.74, 6) is -1.45. The van der Waals surface area contributed by atoms with Crippen molar-refractivity contribution in [3.05, 3.63) is 11.9 Å². The predicted molar refractivity (Wildman–Crippen MR) is 70.7 cm³/mol. The molecular weight excluding hydrogens is 272 g/mol. The summed E-state index contributed by atoms with van der Waals surface area (Å²) < 4.78 is 13.0. The van der Waals surface area contributed by atoms with Gasteiger partial charge in [-0.3, -0.25) is 9.79 Å². The van der Waals surface area contributed by atoms with Gasteiger partial charge in [0.15, 0.2) is 0 Å². The Morgan fingerprint density at radius 1 is 1.53 bits per heavy atom. The molecule has 5 nitrogen and oxygen atoms in total. The van der Waals surface area contributed by atoms with E-state index >= 15 is 0 Å². The fourth-order valence-electron chi connectivity index (χ4n) is 0.675. The molecule has 17 heavy (non-hydrogen) atoms. The first-order chi connectivity index (χ1) is 6.75. The lowest BCUT2D eigenvalue weighted by Crippen LogP contribution is -2.44. The topological polar surface area (TPSA) is 102 Å². The van der Waals surface area contributed by atoms with Crippen LogP contribution in [0.2, 0.25) is 0 Å². The second-order valence-corrected chi connectivity index (χ2v) is 3.54. The number of carbonyl (C=O) groups is 1. The SMILES string of the molecule is CC(N)=NC/C(F)=C/CC(C)(N)C(=O)O.Cl.Cl. The molecule has 0 rings (SSSR count). The van der Waals surface area contributed by atoms with Crippen LogP contribution in [0.3, 0.4) is 0 Å². The number of hydrogen-bond donors (Lipinski definition) is 3. The zero-order valence-electron chi connectivity index (χ0n) is 9.64. The third-order valence-electron chi connectivity index (χ3n) is 1.72. The van der Waals surface area contributed by atoms with E-state index in [2.05, 4.69) is 4.99 Å². The molecule has 0 amide bonds. The molecule has 1 unspecified atom stereocenters. The highest BCUT2D eigenvalue weighted by Crippen LogP contribution is 2.09. The minimum absolute atomic E-state index is 0. The lowest BCUT2D eigenvalue weighted by molar-refractivity contribution is -0.142. The van der Waals surface area contributed by atoms with Crippen molar-refractivity contribution < 1.29 is 14.3 Å². The number of aliphatic carboxylic acids is 1. The van der Waals surface area contributed by atoms with E-state index < -0.39 is 17.3 Å². The maximum absolute atomic E-state index is 13.0. The normalized spacial score (nSPS) is 15.3. The van der Waals surface area contributed by atoms with E-state index in [1.165, 1.54) is 13.8 Å². The number of nitrogens with two attached hydrogens (primary N) is 2. The van der Waals surface area contributed by atoms with Crippen LogP contribution in [0.4, 0.5) is 4.39 Å². The molecule has 0 saturated carbocycles. The van der Waals surface area contributed by atoms with Crippen LogP contribution < -0.4 is 11.5 Å². The fourth-order valence-corrected chi connectivity index (χ4v) is 0.675. The Labute approximate surface area is 112 Å². The molecule has 0 aromatic heterocycles. The zero-order chi connectivity index (χ0) is 12.1. The Morgan fingerprint density at radius 3 is 2.35 bits per heavy atom. The van der Waals surface area contributed by atoms with Crippen molar-refractivity contribution in [1.82, 2.24) is 0 Å². The first kappa shape index (κ1) is 21.4. The summed E-state index contributed by atoms with van der Waals surface area (Å²) >= 11 is 0. The number of halogens is 3. The summed E-state index contributed by atoms with van der Waals surface area (Å²) in [6.07, 6.45) is 1.02. The van der Waals surface area contributed by atoms with E-state index in [1.807, 2.05) is 0 Å². The lowest BCUT2D eigenvalue weighted by Gasteiger charge is -2.16. The molecule has 0 aliphatic rings.